The maximum Gasteiger partial charge on any atom is 0.573 e. The number of nitrogens with one attached hydrogen (secondary N) is 1. The molecule has 9 nitrogen and oxygen atoms in total. The molecule has 3 aromatic rings. The third-order valence-electron chi connectivity index (χ3n) is 4.95. The van der Waals surface area contributed by atoms with Crippen LogP contribution in [-0.2, 0) is 6.54 Å². The summed E-state index contributed by atoms with van der Waals surface area (Å²) in [6, 6.07) is 14.0. The lowest BCUT2D eigenvalue weighted by Gasteiger charge is -2.32. The highest BCUT2D eigenvalue weighted by atomic mass is 19.4. The third kappa shape index (κ3) is 5.24. The second-order valence-electron chi connectivity index (χ2n) is 7.38. The van der Waals surface area contributed by atoms with Crippen LogP contribution in [0.4, 0.5) is 19.0 Å². The Morgan fingerprint density at radius 3 is 2.53 bits per heavy atom. The number of alkyl halides is 3. The van der Waals surface area contributed by atoms with Crippen LogP contribution in [0, 0.1) is 0 Å². The van der Waals surface area contributed by atoms with Crippen molar-refractivity contribution >= 4 is 11.7 Å². The monoisotopic (exact) mass is 478 g/mol. The van der Waals surface area contributed by atoms with Gasteiger partial charge in [-0.2, -0.15) is 4.98 Å². The highest BCUT2D eigenvalue weighted by molar-refractivity contribution is 5.99. The van der Waals surface area contributed by atoms with E-state index >= 15 is 0 Å². The average Bonchev–Trinajstić information content (AvgIpc) is 3.10. The van der Waals surface area contributed by atoms with Gasteiger partial charge in [0.1, 0.15) is 11.5 Å². The SMILES string of the molecule is O=C1c2c(nc(Oc3cccc(OC(F)(F)F)c3)n2Cc2ccccc2)NC(O)N1CCCO. The number of aliphatic hydroxyl groups excluding tert-OH is 2. The summed E-state index contributed by atoms with van der Waals surface area (Å²) in [5.41, 5.74) is 0.910. The van der Waals surface area contributed by atoms with Gasteiger partial charge in [-0.15, -0.1) is 13.2 Å². The van der Waals surface area contributed by atoms with E-state index in [0.717, 1.165) is 22.6 Å². The summed E-state index contributed by atoms with van der Waals surface area (Å²) in [4.78, 5) is 18.6. The van der Waals surface area contributed by atoms with Crippen LogP contribution in [0.2, 0.25) is 0 Å². The molecule has 34 heavy (non-hydrogen) atoms. The van der Waals surface area contributed by atoms with E-state index in [1.165, 1.54) is 16.7 Å². The molecule has 1 atom stereocenters. The Kier molecular flexibility index (Phi) is 6.61. The lowest BCUT2D eigenvalue weighted by molar-refractivity contribution is -0.274. The number of imidazole rings is 1. The van der Waals surface area contributed by atoms with E-state index in [0.29, 0.717) is 0 Å². The van der Waals surface area contributed by atoms with Crippen molar-refractivity contribution in [2.75, 3.05) is 18.5 Å². The van der Waals surface area contributed by atoms with Crippen LogP contribution in [0.3, 0.4) is 0 Å². The third-order valence-corrected chi connectivity index (χ3v) is 4.95. The Morgan fingerprint density at radius 2 is 1.82 bits per heavy atom. The molecule has 0 bridgehead atoms. The molecule has 1 amide bonds. The van der Waals surface area contributed by atoms with Crippen LogP contribution in [0.5, 0.6) is 17.5 Å². The van der Waals surface area contributed by atoms with Gasteiger partial charge >= 0.3 is 12.4 Å². The molecule has 2 aromatic carbocycles. The Balaban J connectivity index is 1.71. The highest BCUT2D eigenvalue weighted by Gasteiger charge is 2.37. The number of nitrogens with zero attached hydrogens (tertiary/aromatic N) is 3. The average molecular weight is 478 g/mol. The number of fused-ring (bicyclic) bond motifs is 1. The molecule has 3 N–H and O–H groups in total. The van der Waals surface area contributed by atoms with Crippen molar-refractivity contribution in [2.45, 2.75) is 25.7 Å². The molecule has 0 saturated heterocycles. The number of hydrogen-bond acceptors (Lipinski definition) is 7. The molecule has 1 aromatic heterocycles. The minimum Gasteiger partial charge on any atom is -0.425 e. The second kappa shape index (κ2) is 9.61. The van der Waals surface area contributed by atoms with Gasteiger partial charge in [-0.3, -0.25) is 14.3 Å². The molecule has 0 aliphatic carbocycles. The Morgan fingerprint density at radius 1 is 1.09 bits per heavy atom. The molecule has 1 aliphatic rings. The number of carbonyl (C=O) groups excluding carboxylic acids is 1. The summed E-state index contributed by atoms with van der Waals surface area (Å²) in [6.45, 7) is 0.0818. The Labute approximate surface area is 192 Å². The summed E-state index contributed by atoms with van der Waals surface area (Å²) in [6.07, 6.45) is -5.99. The fourth-order valence-electron chi connectivity index (χ4n) is 3.49. The van der Waals surface area contributed by atoms with Crippen LogP contribution < -0.4 is 14.8 Å². The van der Waals surface area contributed by atoms with E-state index in [9.17, 15) is 23.1 Å². The zero-order valence-corrected chi connectivity index (χ0v) is 17.7. The second-order valence-corrected chi connectivity index (χ2v) is 7.38. The molecule has 1 aliphatic heterocycles. The predicted octanol–water partition coefficient (Wildman–Crippen LogP) is 3.15. The van der Waals surface area contributed by atoms with Gasteiger partial charge in [-0.05, 0) is 24.1 Å². The molecule has 180 valence electrons. The number of anilines is 1. The number of ether oxygens (including phenoxy) is 2. The van der Waals surface area contributed by atoms with Crippen molar-refractivity contribution < 1.29 is 37.7 Å². The maximum atomic E-state index is 13.2. The van der Waals surface area contributed by atoms with Crippen LogP contribution in [0.25, 0.3) is 0 Å². The standard InChI is InChI=1S/C22H21F3N4O5/c23-22(24,25)34-16-9-4-8-15(12-16)33-21-27-18-17(29(21)13-14-6-2-1-3-7-14)19(31)28(10-5-11-30)20(32)26-18/h1-4,6-9,12,20,26,30,32H,5,10-11,13H2. The fraction of sp³-hybridized carbons (Fsp3) is 0.273. The van der Waals surface area contributed by atoms with E-state index < -0.39 is 24.4 Å². The van der Waals surface area contributed by atoms with Crippen LogP contribution in [0.1, 0.15) is 22.5 Å². The zero-order chi connectivity index (χ0) is 24.3. The molecule has 0 spiro atoms. The van der Waals surface area contributed by atoms with Gasteiger partial charge in [0.15, 0.2) is 11.5 Å². The van der Waals surface area contributed by atoms with Gasteiger partial charge in [-0.25, -0.2) is 0 Å². The quantitative estimate of drug-likeness (QED) is 0.456. The molecule has 0 saturated carbocycles. The summed E-state index contributed by atoms with van der Waals surface area (Å²) >= 11 is 0. The summed E-state index contributed by atoms with van der Waals surface area (Å²) in [7, 11) is 0. The van der Waals surface area contributed by atoms with Gasteiger partial charge in [0, 0.05) is 19.2 Å². The first kappa shape index (κ1) is 23.4. The number of aromatic nitrogens is 2. The predicted molar refractivity (Wildman–Crippen MR) is 113 cm³/mol. The van der Waals surface area contributed by atoms with Gasteiger partial charge in [-0.1, -0.05) is 36.4 Å². The number of hydrogen-bond donors (Lipinski definition) is 3. The van der Waals surface area contributed by atoms with Crippen LogP contribution in [-0.4, -0.2) is 56.4 Å². The van der Waals surface area contributed by atoms with Crippen molar-refractivity contribution in [3.8, 4) is 17.5 Å². The molecule has 4 rings (SSSR count). The van der Waals surface area contributed by atoms with Gasteiger partial charge in [0.05, 0.1) is 6.54 Å². The van der Waals surface area contributed by atoms with Gasteiger partial charge < -0.3 is 25.0 Å². The van der Waals surface area contributed by atoms with E-state index in [1.807, 2.05) is 30.3 Å². The molecule has 1 unspecified atom stereocenters. The number of benzene rings is 2. The highest BCUT2D eigenvalue weighted by Crippen LogP contribution is 2.34. The van der Waals surface area contributed by atoms with E-state index in [-0.39, 0.29) is 49.4 Å². The van der Waals surface area contributed by atoms with Crippen molar-refractivity contribution in [2.24, 2.45) is 0 Å². The van der Waals surface area contributed by atoms with Crippen molar-refractivity contribution in [1.82, 2.24) is 14.5 Å². The topological polar surface area (TPSA) is 109 Å². The van der Waals surface area contributed by atoms with E-state index in [2.05, 4.69) is 15.0 Å². The first-order valence-corrected chi connectivity index (χ1v) is 10.3. The summed E-state index contributed by atoms with van der Waals surface area (Å²) < 4.78 is 49.0. The molecule has 0 fully saturated rings. The first-order valence-electron chi connectivity index (χ1n) is 10.3. The number of amides is 1. The lowest BCUT2D eigenvalue weighted by Crippen LogP contribution is -2.49. The normalized spacial score (nSPS) is 15.6. The van der Waals surface area contributed by atoms with Crippen LogP contribution in [0.15, 0.2) is 54.6 Å². The number of rotatable bonds is 8. The number of carbonyl (C=O) groups is 1. The zero-order valence-electron chi connectivity index (χ0n) is 17.7. The fourth-order valence-corrected chi connectivity index (χ4v) is 3.49. The molecular weight excluding hydrogens is 457 g/mol. The summed E-state index contributed by atoms with van der Waals surface area (Å²) in [5.74, 6) is -0.951. The minimum atomic E-state index is -4.87. The van der Waals surface area contributed by atoms with Crippen molar-refractivity contribution in [3.63, 3.8) is 0 Å². The first-order chi connectivity index (χ1) is 16.2. The molecular formula is C22H21F3N4O5. The minimum absolute atomic E-state index is 0.00328. The van der Waals surface area contributed by atoms with Crippen molar-refractivity contribution in [1.29, 1.82) is 0 Å². The van der Waals surface area contributed by atoms with Crippen molar-refractivity contribution in [3.05, 3.63) is 65.9 Å². The van der Waals surface area contributed by atoms with E-state index in [4.69, 9.17) is 9.84 Å². The van der Waals surface area contributed by atoms with Crippen LogP contribution >= 0.6 is 0 Å². The molecule has 0 radical (unpaired) electrons. The van der Waals surface area contributed by atoms with E-state index in [1.54, 1.807) is 0 Å². The largest absolute Gasteiger partial charge is 0.573 e. The molecule has 12 heteroatoms. The van der Waals surface area contributed by atoms with Gasteiger partial charge in [0.2, 0.25) is 6.35 Å². The Hall–Kier alpha value is -3.77. The molecule has 2 heterocycles. The maximum absolute atomic E-state index is 13.2. The number of halogens is 3. The smallest absolute Gasteiger partial charge is 0.425 e. The van der Waals surface area contributed by atoms with Gasteiger partial charge in [0.25, 0.3) is 5.91 Å². The Bertz CT molecular complexity index is 1150. The summed E-state index contributed by atoms with van der Waals surface area (Å²) in [5, 5.41) is 22.2. The lowest BCUT2D eigenvalue weighted by atomic mass is 10.2. The number of aliphatic hydroxyl groups is 2.